The van der Waals surface area contributed by atoms with Gasteiger partial charge in [0, 0.05) is 9.90 Å². The van der Waals surface area contributed by atoms with Gasteiger partial charge < -0.3 is 5.11 Å². The average Bonchev–Trinajstić information content (AvgIpc) is 2.77. The summed E-state index contributed by atoms with van der Waals surface area (Å²) in [6.45, 7) is 3.31. The summed E-state index contributed by atoms with van der Waals surface area (Å²) in [5, 5.41) is 9.35. The minimum absolute atomic E-state index is 0.0179. The molecule has 2 rings (SSSR count). The Hall–Kier alpha value is -1.57. The fourth-order valence-electron chi connectivity index (χ4n) is 1.74. The number of carboxylic acid groups (broad SMARTS) is 1. The number of halogens is 1. The van der Waals surface area contributed by atoms with Crippen molar-refractivity contribution in [2.75, 3.05) is 4.72 Å². The van der Waals surface area contributed by atoms with Crippen LogP contribution in [0.25, 0.3) is 0 Å². The third-order valence-electron chi connectivity index (χ3n) is 2.82. The fraction of sp³-hybridized carbons (Fsp3) is 0.154. The second-order valence-electron chi connectivity index (χ2n) is 4.40. The zero-order chi connectivity index (χ0) is 15.8. The molecule has 1 aromatic carbocycles. The van der Waals surface area contributed by atoms with E-state index < -0.39 is 16.0 Å². The molecular weight excluding hydrogens is 334 g/mol. The quantitative estimate of drug-likeness (QED) is 0.888. The van der Waals surface area contributed by atoms with Gasteiger partial charge in [-0.25, -0.2) is 13.2 Å². The molecular formula is C13H12ClNO4S2. The summed E-state index contributed by atoms with van der Waals surface area (Å²) in [6, 6.07) is 6.02. The van der Waals surface area contributed by atoms with Crippen molar-refractivity contribution in [3.05, 3.63) is 44.6 Å². The SMILES string of the molecule is Cc1ccc(Cl)cc1NS(=O)(=O)c1cc(C(=O)O)sc1C. The fourth-order valence-corrected chi connectivity index (χ4v) is 4.47. The Morgan fingerprint density at radius 2 is 1.95 bits per heavy atom. The first-order chi connectivity index (χ1) is 9.70. The molecule has 0 radical (unpaired) electrons. The molecule has 0 aliphatic heterocycles. The van der Waals surface area contributed by atoms with Gasteiger partial charge in [0.2, 0.25) is 0 Å². The number of anilines is 1. The molecule has 0 spiro atoms. The van der Waals surface area contributed by atoms with E-state index in [1.165, 1.54) is 6.07 Å². The van der Waals surface area contributed by atoms with Crippen LogP contribution in [0.5, 0.6) is 0 Å². The van der Waals surface area contributed by atoms with Crippen LogP contribution in [0.15, 0.2) is 29.2 Å². The maximum absolute atomic E-state index is 12.4. The molecule has 5 nitrogen and oxygen atoms in total. The molecule has 1 heterocycles. The molecule has 0 unspecified atom stereocenters. The molecule has 2 N–H and O–H groups in total. The Kier molecular flexibility index (Phi) is 4.27. The lowest BCUT2D eigenvalue weighted by molar-refractivity contribution is 0.0702. The van der Waals surface area contributed by atoms with Crippen molar-refractivity contribution in [1.82, 2.24) is 0 Å². The maximum atomic E-state index is 12.4. The van der Waals surface area contributed by atoms with Crippen LogP contribution in [0.2, 0.25) is 5.02 Å². The van der Waals surface area contributed by atoms with Gasteiger partial charge in [0.15, 0.2) is 0 Å². The number of aryl methyl sites for hydroxylation is 2. The van der Waals surface area contributed by atoms with Crippen molar-refractivity contribution in [3.63, 3.8) is 0 Å². The van der Waals surface area contributed by atoms with E-state index in [0.717, 1.165) is 17.4 Å². The zero-order valence-corrected chi connectivity index (χ0v) is 13.6. The Bertz CT molecular complexity index is 812. The smallest absolute Gasteiger partial charge is 0.345 e. The number of hydrogen-bond acceptors (Lipinski definition) is 4. The van der Waals surface area contributed by atoms with Crippen molar-refractivity contribution < 1.29 is 18.3 Å². The van der Waals surface area contributed by atoms with E-state index in [-0.39, 0.29) is 9.77 Å². The van der Waals surface area contributed by atoms with E-state index in [2.05, 4.69) is 4.72 Å². The minimum Gasteiger partial charge on any atom is -0.477 e. The monoisotopic (exact) mass is 345 g/mol. The van der Waals surface area contributed by atoms with E-state index in [1.54, 1.807) is 26.0 Å². The highest BCUT2D eigenvalue weighted by Gasteiger charge is 2.22. The van der Waals surface area contributed by atoms with Gasteiger partial charge in [0.25, 0.3) is 10.0 Å². The second-order valence-corrected chi connectivity index (χ2v) is 7.74. The Labute approximate surface area is 131 Å². The lowest BCUT2D eigenvalue weighted by Gasteiger charge is -2.10. The molecule has 2 aromatic rings. The number of nitrogens with one attached hydrogen (secondary N) is 1. The van der Waals surface area contributed by atoms with Gasteiger partial charge >= 0.3 is 5.97 Å². The summed E-state index contributed by atoms with van der Waals surface area (Å²) >= 11 is 6.78. The van der Waals surface area contributed by atoms with E-state index in [4.69, 9.17) is 16.7 Å². The number of carboxylic acids is 1. The standard InChI is InChI=1S/C13H12ClNO4S2/c1-7-3-4-9(14)5-10(7)15-21(18,19)12-6-11(13(16)17)20-8(12)2/h3-6,15H,1-2H3,(H,16,17). The molecule has 8 heteroatoms. The molecule has 0 bridgehead atoms. The summed E-state index contributed by atoms with van der Waals surface area (Å²) in [6.07, 6.45) is 0. The number of thiophene rings is 1. The van der Waals surface area contributed by atoms with Crippen molar-refractivity contribution in [3.8, 4) is 0 Å². The second kappa shape index (κ2) is 5.67. The summed E-state index contributed by atoms with van der Waals surface area (Å²) in [5.74, 6) is -1.15. The third kappa shape index (κ3) is 3.37. The first-order valence-corrected chi connectivity index (χ1v) is 8.51. The predicted molar refractivity (Wildman–Crippen MR) is 83.0 cm³/mol. The van der Waals surface area contributed by atoms with Crippen LogP contribution in [0.4, 0.5) is 5.69 Å². The molecule has 21 heavy (non-hydrogen) atoms. The first kappa shape index (κ1) is 15.8. The van der Waals surface area contributed by atoms with E-state index >= 15 is 0 Å². The van der Waals surface area contributed by atoms with Crippen LogP contribution < -0.4 is 4.72 Å². The van der Waals surface area contributed by atoms with Gasteiger partial charge in [-0.3, -0.25) is 4.72 Å². The van der Waals surface area contributed by atoms with Gasteiger partial charge in [0.1, 0.15) is 9.77 Å². The van der Waals surface area contributed by atoms with Crippen molar-refractivity contribution in [1.29, 1.82) is 0 Å². The molecule has 0 atom stereocenters. The number of carbonyl (C=O) groups is 1. The van der Waals surface area contributed by atoms with Crippen LogP contribution in [0, 0.1) is 13.8 Å². The van der Waals surface area contributed by atoms with Crippen LogP contribution in [-0.2, 0) is 10.0 Å². The van der Waals surface area contributed by atoms with Gasteiger partial charge in [-0.1, -0.05) is 17.7 Å². The number of aromatic carboxylic acids is 1. The molecule has 0 amide bonds. The third-order valence-corrected chi connectivity index (χ3v) is 5.71. The normalized spacial score (nSPS) is 11.4. The van der Waals surface area contributed by atoms with Crippen LogP contribution in [0.1, 0.15) is 20.1 Å². The highest BCUT2D eigenvalue weighted by atomic mass is 35.5. The molecule has 0 saturated carbocycles. The largest absolute Gasteiger partial charge is 0.477 e. The summed E-state index contributed by atoms with van der Waals surface area (Å²) in [5.41, 5.74) is 1.08. The molecule has 0 fully saturated rings. The molecule has 0 aliphatic carbocycles. The van der Waals surface area contributed by atoms with Crippen LogP contribution >= 0.6 is 22.9 Å². The number of benzene rings is 1. The lowest BCUT2D eigenvalue weighted by atomic mass is 10.2. The lowest BCUT2D eigenvalue weighted by Crippen LogP contribution is -2.14. The van der Waals surface area contributed by atoms with E-state index in [0.29, 0.717) is 21.2 Å². The maximum Gasteiger partial charge on any atom is 0.345 e. The predicted octanol–water partition coefficient (Wildman–Crippen LogP) is 3.52. The van der Waals surface area contributed by atoms with E-state index in [1.807, 2.05) is 0 Å². The molecule has 1 aromatic heterocycles. The van der Waals surface area contributed by atoms with Gasteiger partial charge in [-0.2, -0.15) is 0 Å². The summed E-state index contributed by atoms with van der Waals surface area (Å²) in [7, 11) is -3.86. The first-order valence-electron chi connectivity index (χ1n) is 5.83. The topological polar surface area (TPSA) is 83.5 Å². The number of hydrogen-bond donors (Lipinski definition) is 2. The van der Waals surface area contributed by atoms with Gasteiger partial charge in [-0.15, -0.1) is 11.3 Å². The Morgan fingerprint density at radius 1 is 1.29 bits per heavy atom. The highest BCUT2D eigenvalue weighted by molar-refractivity contribution is 7.93. The Balaban J connectivity index is 2.43. The van der Waals surface area contributed by atoms with E-state index in [9.17, 15) is 13.2 Å². The average molecular weight is 346 g/mol. The summed E-state index contributed by atoms with van der Waals surface area (Å²) in [4.78, 5) is 11.3. The van der Waals surface area contributed by atoms with Crippen LogP contribution in [-0.4, -0.2) is 19.5 Å². The van der Waals surface area contributed by atoms with Crippen LogP contribution in [0.3, 0.4) is 0 Å². The van der Waals surface area contributed by atoms with Gasteiger partial charge in [0.05, 0.1) is 5.69 Å². The van der Waals surface area contributed by atoms with Crippen molar-refractivity contribution in [2.45, 2.75) is 18.7 Å². The zero-order valence-electron chi connectivity index (χ0n) is 11.2. The Morgan fingerprint density at radius 3 is 2.52 bits per heavy atom. The van der Waals surface area contributed by atoms with Crippen molar-refractivity contribution >= 4 is 44.6 Å². The van der Waals surface area contributed by atoms with Crippen molar-refractivity contribution in [2.24, 2.45) is 0 Å². The minimum atomic E-state index is -3.86. The summed E-state index contributed by atoms with van der Waals surface area (Å²) < 4.78 is 27.2. The molecule has 0 aliphatic rings. The molecule has 0 saturated heterocycles. The van der Waals surface area contributed by atoms with Gasteiger partial charge in [-0.05, 0) is 37.6 Å². The highest BCUT2D eigenvalue weighted by Crippen LogP contribution is 2.29. The number of sulfonamides is 1. The number of rotatable bonds is 4. The molecule has 112 valence electrons.